The Labute approximate surface area is 155 Å². The summed E-state index contributed by atoms with van der Waals surface area (Å²) in [6.45, 7) is 0.0882. The highest BCUT2D eigenvalue weighted by atomic mass is 35.5. The van der Waals surface area contributed by atoms with Crippen LogP contribution in [0.1, 0.15) is 15.2 Å². The number of nitrogens with zero attached hydrogens (tertiary/aromatic N) is 1. The molecule has 0 fully saturated rings. The van der Waals surface area contributed by atoms with Crippen LogP contribution in [0.3, 0.4) is 0 Å². The van der Waals surface area contributed by atoms with Gasteiger partial charge in [0.15, 0.2) is 0 Å². The molecule has 9 heteroatoms. The number of hydrogen-bond donors (Lipinski definition) is 2. The number of aromatic amines is 1. The second-order valence-electron chi connectivity index (χ2n) is 5.06. The Balaban J connectivity index is 1.94. The third-order valence-corrected chi connectivity index (χ3v) is 4.80. The van der Waals surface area contributed by atoms with Gasteiger partial charge in [0.2, 0.25) is 0 Å². The van der Waals surface area contributed by atoms with Crippen LogP contribution >= 0.6 is 34.5 Å². The summed E-state index contributed by atoms with van der Waals surface area (Å²) in [7, 11) is 0. The van der Waals surface area contributed by atoms with Crippen molar-refractivity contribution in [3.05, 3.63) is 83.2 Å². The lowest BCUT2D eigenvalue weighted by Crippen LogP contribution is -2.39. The Hall–Kier alpha value is -2.35. The van der Waals surface area contributed by atoms with Gasteiger partial charge in [-0.1, -0.05) is 29.3 Å². The first-order valence-corrected chi connectivity index (χ1v) is 8.70. The normalized spacial score (nSPS) is 10.6. The topological polar surface area (TPSA) is 84.0 Å². The summed E-state index contributed by atoms with van der Waals surface area (Å²) in [6.07, 6.45) is 1.09. The number of nitrogens with one attached hydrogen (secondary N) is 2. The molecule has 0 saturated heterocycles. The predicted molar refractivity (Wildman–Crippen MR) is 99.2 cm³/mol. The molecule has 2 heterocycles. The smallest absolute Gasteiger partial charge is 0.320 e. The van der Waals surface area contributed by atoms with Crippen molar-refractivity contribution in [1.29, 1.82) is 0 Å². The van der Waals surface area contributed by atoms with E-state index in [1.165, 1.54) is 23.5 Å². The fourth-order valence-corrected chi connectivity index (χ4v) is 3.19. The molecule has 3 rings (SSSR count). The second kappa shape index (κ2) is 7.26. The number of amides is 1. The fourth-order valence-electron chi connectivity index (χ4n) is 2.16. The second-order valence-corrected chi connectivity index (χ2v) is 6.93. The maximum Gasteiger partial charge on any atom is 0.328 e. The predicted octanol–water partition coefficient (Wildman–Crippen LogP) is 3.21. The van der Waals surface area contributed by atoms with E-state index in [0.717, 1.165) is 15.6 Å². The van der Waals surface area contributed by atoms with Crippen LogP contribution in [0.5, 0.6) is 0 Å². The summed E-state index contributed by atoms with van der Waals surface area (Å²) >= 11 is 13.3. The number of hydrogen-bond acceptors (Lipinski definition) is 4. The zero-order chi connectivity index (χ0) is 18.0. The maximum atomic E-state index is 12.5. The first kappa shape index (κ1) is 17.5. The molecule has 6 nitrogen and oxygen atoms in total. The van der Waals surface area contributed by atoms with Gasteiger partial charge in [0.25, 0.3) is 11.5 Å². The van der Waals surface area contributed by atoms with Gasteiger partial charge in [-0.3, -0.25) is 14.2 Å². The zero-order valence-electron chi connectivity index (χ0n) is 12.6. The third kappa shape index (κ3) is 3.84. The van der Waals surface area contributed by atoms with E-state index in [1.807, 2.05) is 11.4 Å². The number of aromatic nitrogens is 2. The van der Waals surface area contributed by atoms with Gasteiger partial charge in [0.05, 0.1) is 17.3 Å². The number of halogens is 2. The van der Waals surface area contributed by atoms with Gasteiger partial charge in [0.1, 0.15) is 5.56 Å². The van der Waals surface area contributed by atoms with Crippen LogP contribution in [-0.2, 0) is 6.54 Å². The molecule has 0 aliphatic heterocycles. The summed E-state index contributed by atoms with van der Waals surface area (Å²) in [5, 5.41) is 5.03. The van der Waals surface area contributed by atoms with Gasteiger partial charge >= 0.3 is 5.69 Å². The van der Waals surface area contributed by atoms with Crippen molar-refractivity contribution in [3.8, 4) is 0 Å². The Kier molecular flexibility index (Phi) is 5.08. The molecule has 0 radical (unpaired) electrons. The molecule has 0 bridgehead atoms. The first-order chi connectivity index (χ1) is 12.0. The van der Waals surface area contributed by atoms with Crippen molar-refractivity contribution < 1.29 is 4.79 Å². The molecule has 2 aromatic heterocycles. The average molecular weight is 396 g/mol. The van der Waals surface area contributed by atoms with Crippen LogP contribution in [0.4, 0.5) is 5.69 Å². The number of rotatable bonds is 4. The SMILES string of the molecule is O=C(Nc1cc(Cl)ccc1Cl)c1c[nH]c(=O)n(Cc2cccs2)c1=O. The highest BCUT2D eigenvalue weighted by molar-refractivity contribution is 7.09. The van der Waals surface area contributed by atoms with E-state index in [1.54, 1.807) is 12.1 Å². The minimum Gasteiger partial charge on any atom is -0.320 e. The summed E-state index contributed by atoms with van der Waals surface area (Å²) in [5.74, 6) is -0.689. The van der Waals surface area contributed by atoms with Gasteiger partial charge in [-0.15, -0.1) is 11.3 Å². The van der Waals surface area contributed by atoms with Crippen LogP contribution in [0.25, 0.3) is 0 Å². The Morgan fingerprint density at radius 3 is 2.76 bits per heavy atom. The molecule has 0 atom stereocenters. The molecular weight excluding hydrogens is 385 g/mol. The van der Waals surface area contributed by atoms with Crippen molar-refractivity contribution in [1.82, 2.24) is 9.55 Å². The van der Waals surface area contributed by atoms with E-state index in [2.05, 4.69) is 10.3 Å². The van der Waals surface area contributed by atoms with Gasteiger partial charge in [-0.05, 0) is 29.6 Å². The molecule has 2 N–H and O–H groups in total. The van der Waals surface area contributed by atoms with E-state index in [4.69, 9.17) is 23.2 Å². The molecule has 1 amide bonds. The third-order valence-electron chi connectivity index (χ3n) is 3.38. The summed E-state index contributed by atoms with van der Waals surface area (Å²) in [4.78, 5) is 40.1. The molecule has 0 aliphatic rings. The van der Waals surface area contributed by atoms with E-state index in [9.17, 15) is 14.4 Å². The van der Waals surface area contributed by atoms with E-state index >= 15 is 0 Å². The molecule has 1 aromatic carbocycles. The number of H-pyrrole nitrogens is 1. The quantitative estimate of drug-likeness (QED) is 0.711. The average Bonchev–Trinajstić information content (AvgIpc) is 3.08. The molecule has 0 spiro atoms. The highest BCUT2D eigenvalue weighted by Gasteiger charge is 2.16. The van der Waals surface area contributed by atoms with Crippen molar-refractivity contribution in [2.45, 2.75) is 6.54 Å². The molecule has 128 valence electrons. The van der Waals surface area contributed by atoms with Gasteiger partial charge < -0.3 is 10.3 Å². The van der Waals surface area contributed by atoms with Crippen LogP contribution in [-0.4, -0.2) is 15.5 Å². The summed E-state index contributed by atoms with van der Waals surface area (Å²) < 4.78 is 0.973. The molecule has 0 saturated carbocycles. The number of carbonyl (C=O) groups excluding carboxylic acids is 1. The molecule has 0 unspecified atom stereocenters. The number of carbonyl (C=O) groups is 1. The largest absolute Gasteiger partial charge is 0.328 e. The van der Waals surface area contributed by atoms with Crippen LogP contribution in [0.2, 0.25) is 10.0 Å². The fraction of sp³-hybridized carbons (Fsp3) is 0.0625. The lowest BCUT2D eigenvalue weighted by atomic mass is 10.2. The Morgan fingerprint density at radius 1 is 1.24 bits per heavy atom. The minimum atomic E-state index is -0.689. The summed E-state index contributed by atoms with van der Waals surface area (Å²) in [5.41, 5.74) is -1.20. The number of anilines is 1. The Bertz CT molecular complexity index is 1040. The number of thiophene rings is 1. The Morgan fingerprint density at radius 2 is 2.04 bits per heavy atom. The molecule has 0 aliphatic carbocycles. The van der Waals surface area contributed by atoms with E-state index in [0.29, 0.717) is 5.02 Å². The van der Waals surface area contributed by atoms with Gasteiger partial charge in [-0.2, -0.15) is 0 Å². The van der Waals surface area contributed by atoms with Crippen LogP contribution in [0.15, 0.2) is 51.5 Å². The van der Waals surface area contributed by atoms with Crippen LogP contribution < -0.4 is 16.6 Å². The highest BCUT2D eigenvalue weighted by Crippen LogP contribution is 2.25. The monoisotopic (exact) mass is 395 g/mol. The number of benzene rings is 1. The molecule has 25 heavy (non-hydrogen) atoms. The van der Waals surface area contributed by atoms with Gasteiger partial charge in [0, 0.05) is 16.1 Å². The molecular formula is C16H11Cl2N3O3S. The van der Waals surface area contributed by atoms with Gasteiger partial charge in [-0.25, -0.2) is 4.79 Å². The first-order valence-electron chi connectivity index (χ1n) is 7.07. The lowest BCUT2D eigenvalue weighted by molar-refractivity contribution is 0.102. The lowest BCUT2D eigenvalue weighted by Gasteiger charge is -2.09. The van der Waals surface area contributed by atoms with E-state index in [-0.39, 0.29) is 22.8 Å². The van der Waals surface area contributed by atoms with E-state index < -0.39 is 17.2 Å². The minimum absolute atomic E-state index is 0.0882. The van der Waals surface area contributed by atoms with Crippen molar-refractivity contribution in [2.24, 2.45) is 0 Å². The van der Waals surface area contributed by atoms with Crippen molar-refractivity contribution >= 4 is 46.1 Å². The van der Waals surface area contributed by atoms with Crippen LogP contribution in [0, 0.1) is 0 Å². The summed E-state index contributed by atoms with van der Waals surface area (Å²) in [6, 6.07) is 8.19. The zero-order valence-corrected chi connectivity index (χ0v) is 14.9. The maximum absolute atomic E-state index is 12.5. The standard InChI is InChI=1S/C16H11Cl2N3O3S/c17-9-3-4-12(18)13(6-9)20-14(22)11-7-19-16(24)21(15(11)23)8-10-2-1-5-25-10/h1-7H,8H2,(H,19,24)(H,20,22). The van der Waals surface area contributed by atoms with Crippen molar-refractivity contribution in [3.63, 3.8) is 0 Å². The molecule has 3 aromatic rings. The van der Waals surface area contributed by atoms with Crippen molar-refractivity contribution in [2.75, 3.05) is 5.32 Å².